The summed E-state index contributed by atoms with van der Waals surface area (Å²) in [5.74, 6) is 0.756. The zero-order valence-electron chi connectivity index (χ0n) is 12.4. The molecular weight excluding hydrogens is 312 g/mol. The Morgan fingerprint density at radius 1 is 1.26 bits per heavy atom. The molecule has 3 heterocycles. The molecule has 1 saturated heterocycles. The maximum atomic E-state index is 12.1. The number of rotatable bonds is 2. The Morgan fingerprint density at radius 2 is 2.17 bits per heavy atom. The molecule has 6 heteroatoms. The highest BCUT2D eigenvalue weighted by Gasteiger charge is 2.26. The summed E-state index contributed by atoms with van der Waals surface area (Å²) >= 11 is 6.01. The van der Waals surface area contributed by atoms with Crippen LogP contribution in [0.1, 0.15) is 18.9 Å². The standard InChI is InChI=1S/C17H15ClN4O/c18-12-4-6-13-11(10-12)3-5-14(21-13)16-19-8-9-22(16)15-2-1-7-20-17(15)23/h3-6,8-10,15H,1-2,7H2,(H,20,23). The van der Waals surface area contributed by atoms with Crippen molar-refractivity contribution in [2.24, 2.45) is 0 Å². The van der Waals surface area contributed by atoms with Crippen LogP contribution < -0.4 is 5.32 Å². The molecule has 4 rings (SSSR count). The Kier molecular flexibility index (Phi) is 3.50. The second-order valence-electron chi connectivity index (χ2n) is 5.64. The van der Waals surface area contributed by atoms with E-state index in [1.807, 2.05) is 41.1 Å². The molecule has 1 atom stereocenters. The topological polar surface area (TPSA) is 59.8 Å². The highest BCUT2D eigenvalue weighted by molar-refractivity contribution is 6.31. The first kappa shape index (κ1) is 14.2. The molecule has 1 amide bonds. The van der Waals surface area contributed by atoms with E-state index < -0.39 is 0 Å². The number of pyridine rings is 1. The van der Waals surface area contributed by atoms with Gasteiger partial charge in [0.2, 0.25) is 5.91 Å². The van der Waals surface area contributed by atoms with E-state index in [4.69, 9.17) is 11.6 Å². The van der Waals surface area contributed by atoms with Crippen molar-refractivity contribution in [3.05, 3.63) is 47.7 Å². The first-order chi connectivity index (χ1) is 11.2. The third-order valence-corrected chi connectivity index (χ3v) is 4.38. The van der Waals surface area contributed by atoms with Gasteiger partial charge < -0.3 is 9.88 Å². The lowest BCUT2D eigenvalue weighted by atomic mass is 10.1. The number of fused-ring (bicyclic) bond motifs is 1. The number of hydrogen-bond acceptors (Lipinski definition) is 3. The molecule has 1 fully saturated rings. The van der Waals surface area contributed by atoms with E-state index in [9.17, 15) is 4.79 Å². The number of carbonyl (C=O) groups excluding carboxylic acids is 1. The zero-order chi connectivity index (χ0) is 15.8. The van der Waals surface area contributed by atoms with E-state index in [0.29, 0.717) is 10.8 Å². The van der Waals surface area contributed by atoms with Crippen LogP contribution in [0, 0.1) is 0 Å². The number of aromatic nitrogens is 3. The van der Waals surface area contributed by atoms with Gasteiger partial charge >= 0.3 is 0 Å². The Balaban J connectivity index is 1.78. The predicted octanol–water partition coefficient (Wildman–Crippen LogP) is 3.20. The van der Waals surface area contributed by atoms with Gasteiger partial charge in [0, 0.05) is 29.3 Å². The number of piperidine rings is 1. The monoisotopic (exact) mass is 326 g/mol. The Morgan fingerprint density at radius 3 is 3.04 bits per heavy atom. The second-order valence-corrected chi connectivity index (χ2v) is 6.08. The molecule has 2 aromatic heterocycles. The maximum Gasteiger partial charge on any atom is 0.243 e. The quantitative estimate of drug-likeness (QED) is 0.786. The third kappa shape index (κ3) is 2.57. The van der Waals surface area contributed by atoms with Gasteiger partial charge in [-0.3, -0.25) is 4.79 Å². The summed E-state index contributed by atoms with van der Waals surface area (Å²) in [7, 11) is 0. The minimum Gasteiger partial charge on any atom is -0.354 e. The van der Waals surface area contributed by atoms with Crippen molar-refractivity contribution in [1.29, 1.82) is 0 Å². The van der Waals surface area contributed by atoms with Crippen LogP contribution in [-0.4, -0.2) is 27.0 Å². The fourth-order valence-electron chi connectivity index (χ4n) is 3.01. The number of halogens is 1. The molecule has 116 valence electrons. The van der Waals surface area contributed by atoms with Gasteiger partial charge in [-0.1, -0.05) is 17.7 Å². The van der Waals surface area contributed by atoms with Gasteiger partial charge in [0.1, 0.15) is 11.7 Å². The minimum atomic E-state index is -0.219. The van der Waals surface area contributed by atoms with Crippen LogP contribution in [0.3, 0.4) is 0 Å². The fraction of sp³-hybridized carbons (Fsp3) is 0.235. The van der Waals surface area contributed by atoms with Gasteiger partial charge in [-0.2, -0.15) is 0 Å². The second kappa shape index (κ2) is 5.66. The molecule has 23 heavy (non-hydrogen) atoms. The number of nitrogens with one attached hydrogen (secondary N) is 1. The number of amides is 1. The molecule has 5 nitrogen and oxygen atoms in total. The average molecular weight is 327 g/mol. The summed E-state index contributed by atoms with van der Waals surface area (Å²) in [6.07, 6.45) is 5.35. The van der Waals surface area contributed by atoms with E-state index in [1.54, 1.807) is 6.20 Å². The van der Waals surface area contributed by atoms with Crippen LogP contribution in [0.15, 0.2) is 42.7 Å². The summed E-state index contributed by atoms with van der Waals surface area (Å²) in [6, 6.07) is 9.27. The summed E-state index contributed by atoms with van der Waals surface area (Å²) in [5.41, 5.74) is 1.61. The summed E-state index contributed by atoms with van der Waals surface area (Å²) in [6.45, 7) is 0.744. The molecule has 1 aromatic carbocycles. The van der Waals surface area contributed by atoms with Crippen molar-refractivity contribution in [3.63, 3.8) is 0 Å². The Labute approximate surface area is 138 Å². The van der Waals surface area contributed by atoms with E-state index in [0.717, 1.165) is 36.0 Å². The van der Waals surface area contributed by atoms with Crippen molar-refractivity contribution < 1.29 is 4.79 Å². The Bertz CT molecular complexity index is 889. The lowest BCUT2D eigenvalue weighted by Gasteiger charge is -2.24. The average Bonchev–Trinajstić information content (AvgIpc) is 3.04. The lowest BCUT2D eigenvalue weighted by Crippen LogP contribution is -2.37. The molecule has 0 saturated carbocycles. The molecule has 0 radical (unpaired) electrons. The van der Waals surface area contributed by atoms with E-state index in [2.05, 4.69) is 15.3 Å². The van der Waals surface area contributed by atoms with E-state index in [-0.39, 0.29) is 11.9 Å². The molecule has 1 N–H and O–H groups in total. The molecular formula is C17H15ClN4O. The summed E-state index contributed by atoms with van der Waals surface area (Å²) in [5, 5.41) is 4.58. The fourth-order valence-corrected chi connectivity index (χ4v) is 3.19. The summed E-state index contributed by atoms with van der Waals surface area (Å²) < 4.78 is 1.92. The number of benzene rings is 1. The highest BCUT2D eigenvalue weighted by atomic mass is 35.5. The van der Waals surface area contributed by atoms with Crippen LogP contribution in [0.2, 0.25) is 5.02 Å². The number of nitrogens with zero attached hydrogens (tertiary/aromatic N) is 3. The van der Waals surface area contributed by atoms with Crippen molar-refractivity contribution in [2.75, 3.05) is 6.54 Å². The van der Waals surface area contributed by atoms with Crippen LogP contribution in [0.4, 0.5) is 0 Å². The van der Waals surface area contributed by atoms with Crippen LogP contribution in [0.5, 0.6) is 0 Å². The predicted molar refractivity (Wildman–Crippen MR) is 89.3 cm³/mol. The molecule has 1 aliphatic rings. The van der Waals surface area contributed by atoms with Gasteiger partial charge in [-0.15, -0.1) is 0 Å². The largest absolute Gasteiger partial charge is 0.354 e. The van der Waals surface area contributed by atoms with Gasteiger partial charge in [0.05, 0.1) is 5.52 Å². The number of carbonyl (C=O) groups is 1. The van der Waals surface area contributed by atoms with Crippen molar-refractivity contribution in [1.82, 2.24) is 19.9 Å². The van der Waals surface area contributed by atoms with Gasteiger partial charge in [0.25, 0.3) is 0 Å². The Hall–Kier alpha value is -2.40. The lowest BCUT2D eigenvalue weighted by molar-refractivity contribution is -0.125. The zero-order valence-corrected chi connectivity index (χ0v) is 13.1. The molecule has 1 unspecified atom stereocenters. The van der Waals surface area contributed by atoms with Crippen molar-refractivity contribution in [3.8, 4) is 11.5 Å². The normalized spacial score (nSPS) is 18.1. The molecule has 0 spiro atoms. The van der Waals surface area contributed by atoms with E-state index >= 15 is 0 Å². The third-order valence-electron chi connectivity index (χ3n) is 4.14. The van der Waals surface area contributed by atoms with Gasteiger partial charge in [0.15, 0.2) is 5.82 Å². The highest BCUT2D eigenvalue weighted by Crippen LogP contribution is 2.26. The smallest absolute Gasteiger partial charge is 0.243 e. The van der Waals surface area contributed by atoms with Crippen molar-refractivity contribution in [2.45, 2.75) is 18.9 Å². The first-order valence-electron chi connectivity index (χ1n) is 7.59. The number of imidazole rings is 1. The minimum absolute atomic E-state index is 0.0445. The molecule has 1 aliphatic heterocycles. The molecule has 0 bridgehead atoms. The van der Waals surface area contributed by atoms with Crippen LogP contribution >= 0.6 is 11.6 Å². The van der Waals surface area contributed by atoms with Crippen LogP contribution in [0.25, 0.3) is 22.4 Å². The maximum absolute atomic E-state index is 12.1. The van der Waals surface area contributed by atoms with E-state index in [1.165, 1.54) is 0 Å². The summed E-state index contributed by atoms with van der Waals surface area (Å²) in [4.78, 5) is 21.2. The van der Waals surface area contributed by atoms with Crippen LogP contribution in [-0.2, 0) is 4.79 Å². The molecule has 3 aromatic rings. The first-order valence-corrected chi connectivity index (χ1v) is 7.97. The van der Waals surface area contributed by atoms with Crippen molar-refractivity contribution >= 4 is 28.4 Å². The van der Waals surface area contributed by atoms with Gasteiger partial charge in [-0.05, 0) is 37.1 Å². The number of hydrogen-bond donors (Lipinski definition) is 1. The SMILES string of the molecule is O=C1NCCCC1n1ccnc1-c1ccc2cc(Cl)ccc2n1. The molecule has 0 aliphatic carbocycles. The van der Waals surface area contributed by atoms with Gasteiger partial charge in [-0.25, -0.2) is 9.97 Å².